The van der Waals surface area contributed by atoms with Crippen LogP contribution >= 0.6 is 0 Å². The molecule has 1 N–H and O–H groups in total. The zero-order valence-electron chi connectivity index (χ0n) is 9.66. The van der Waals surface area contributed by atoms with Crippen molar-refractivity contribution in [2.75, 3.05) is 0 Å². The number of hydrogen-bond donors (Lipinski definition) is 1. The van der Waals surface area contributed by atoms with Crippen LogP contribution < -0.4 is 0 Å². The Morgan fingerprint density at radius 2 is 1.60 bits per heavy atom. The molecule has 1 aliphatic rings. The van der Waals surface area contributed by atoms with E-state index in [2.05, 4.69) is 32.0 Å². The van der Waals surface area contributed by atoms with Gasteiger partial charge in [-0.05, 0) is 38.2 Å². The monoisotopic (exact) mass is 204 g/mol. The second-order valence-electron chi connectivity index (χ2n) is 4.91. The lowest BCUT2D eigenvalue weighted by Crippen LogP contribution is -2.09. The van der Waals surface area contributed by atoms with Crippen molar-refractivity contribution in [3.63, 3.8) is 0 Å². The minimum atomic E-state index is -0.244. The van der Waals surface area contributed by atoms with E-state index in [-0.39, 0.29) is 6.10 Å². The lowest BCUT2D eigenvalue weighted by atomic mass is 9.92. The summed E-state index contributed by atoms with van der Waals surface area (Å²) in [5, 5.41) is 10.3. The van der Waals surface area contributed by atoms with Crippen molar-refractivity contribution in [3.05, 3.63) is 34.9 Å². The zero-order valence-corrected chi connectivity index (χ0v) is 9.66. The van der Waals surface area contributed by atoms with Crippen LogP contribution in [0.5, 0.6) is 0 Å². The van der Waals surface area contributed by atoms with E-state index in [9.17, 15) is 5.11 Å². The molecule has 0 saturated heterocycles. The first-order chi connectivity index (χ1) is 7.16. The van der Waals surface area contributed by atoms with E-state index in [0.717, 1.165) is 5.56 Å². The van der Waals surface area contributed by atoms with Crippen molar-refractivity contribution in [3.8, 4) is 0 Å². The predicted molar refractivity (Wildman–Crippen MR) is 62.8 cm³/mol. The third-order valence-electron chi connectivity index (χ3n) is 3.43. The average molecular weight is 204 g/mol. The van der Waals surface area contributed by atoms with Gasteiger partial charge >= 0.3 is 0 Å². The van der Waals surface area contributed by atoms with Crippen LogP contribution in [0.15, 0.2) is 18.2 Å². The Bertz CT molecular complexity index is 317. The highest BCUT2D eigenvalue weighted by molar-refractivity contribution is 5.30. The van der Waals surface area contributed by atoms with Crippen molar-refractivity contribution in [2.45, 2.75) is 45.6 Å². The summed E-state index contributed by atoms with van der Waals surface area (Å²) in [6.07, 6.45) is 4.70. The molecule has 15 heavy (non-hydrogen) atoms. The van der Waals surface area contributed by atoms with Gasteiger partial charge in [0.2, 0.25) is 0 Å². The van der Waals surface area contributed by atoms with E-state index in [1.807, 2.05) is 0 Å². The van der Waals surface area contributed by atoms with Crippen molar-refractivity contribution in [1.29, 1.82) is 0 Å². The predicted octanol–water partition coefficient (Wildman–Crippen LogP) is 3.53. The number of aryl methyl sites for hydroxylation is 2. The van der Waals surface area contributed by atoms with Gasteiger partial charge in [0, 0.05) is 0 Å². The van der Waals surface area contributed by atoms with E-state index in [4.69, 9.17) is 0 Å². The first-order valence-corrected chi connectivity index (χ1v) is 5.93. The smallest absolute Gasteiger partial charge is 0.0818 e. The summed E-state index contributed by atoms with van der Waals surface area (Å²) >= 11 is 0. The Labute approximate surface area is 92.1 Å². The summed E-state index contributed by atoms with van der Waals surface area (Å²) < 4.78 is 0. The Morgan fingerprint density at radius 3 is 2.13 bits per heavy atom. The summed E-state index contributed by atoms with van der Waals surface area (Å²) in [5.74, 6) is 0.492. The molecule has 0 spiro atoms. The van der Waals surface area contributed by atoms with Crippen LogP contribution in [0.25, 0.3) is 0 Å². The van der Waals surface area contributed by atoms with Crippen LogP contribution in [-0.4, -0.2) is 5.11 Å². The van der Waals surface area contributed by atoms with Crippen LogP contribution in [0.3, 0.4) is 0 Å². The Morgan fingerprint density at radius 1 is 1.07 bits per heavy atom. The minimum absolute atomic E-state index is 0.244. The Kier molecular flexibility index (Phi) is 3.11. The SMILES string of the molecule is Cc1cc(C)cc(C(O)C2CCCC2)c1. The van der Waals surface area contributed by atoms with Gasteiger partial charge in [-0.15, -0.1) is 0 Å². The molecule has 1 heteroatoms. The number of hydrogen-bond acceptors (Lipinski definition) is 1. The summed E-state index contributed by atoms with van der Waals surface area (Å²) in [6, 6.07) is 6.40. The normalized spacial score (nSPS) is 19.4. The first kappa shape index (κ1) is 10.7. The van der Waals surface area contributed by atoms with E-state index in [1.165, 1.54) is 36.8 Å². The molecule has 0 aliphatic heterocycles. The largest absolute Gasteiger partial charge is 0.388 e. The van der Waals surface area contributed by atoms with E-state index < -0.39 is 0 Å². The molecule has 1 atom stereocenters. The summed E-state index contributed by atoms with van der Waals surface area (Å²) in [4.78, 5) is 0. The first-order valence-electron chi connectivity index (χ1n) is 5.93. The maximum absolute atomic E-state index is 10.3. The molecule has 1 nitrogen and oxygen atoms in total. The van der Waals surface area contributed by atoms with Crippen LogP contribution in [0, 0.1) is 19.8 Å². The summed E-state index contributed by atoms with van der Waals surface area (Å²) in [5.41, 5.74) is 3.61. The molecule has 1 fully saturated rings. The van der Waals surface area contributed by atoms with Crippen LogP contribution in [0.4, 0.5) is 0 Å². The topological polar surface area (TPSA) is 20.2 Å². The van der Waals surface area contributed by atoms with Gasteiger partial charge in [0.25, 0.3) is 0 Å². The van der Waals surface area contributed by atoms with Gasteiger partial charge in [-0.2, -0.15) is 0 Å². The third-order valence-corrected chi connectivity index (χ3v) is 3.43. The standard InChI is InChI=1S/C14H20O/c1-10-7-11(2)9-13(8-10)14(15)12-5-3-4-6-12/h7-9,12,14-15H,3-6H2,1-2H3. The number of aliphatic hydroxyl groups is 1. The fourth-order valence-corrected chi connectivity index (χ4v) is 2.73. The fourth-order valence-electron chi connectivity index (χ4n) is 2.73. The van der Waals surface area contributed by atoms with Gasteiger partial charge in [0.05, 0.1) is 6.10 Å². The molecule has 2 rings (SSSR count). The molecule has 0 bridgehead atoms. The summed E-state index contributed by atoms with van der Waals surface area (Å²) in [6.45, 7) is 4.19. The van der Waals surface area contributed by atoms with Crippen LogP contribution in [0.2, 0.25) is 0 Å². The molecule has 1 saturated carbocycles. The molecule has 1 aromatic carbocycles. The molecule has 0 heterocycles. The number of rotatable bonds is 2. The van der Waals surface area contributed by atoms with Gasteiger partial charge in [0.15, 0.2) is 0 Å². The molecular formula is C14H20O. The maximum atomic E-state index is 10.3. The second-order valence-corrected chi connectivity index (χ2v) is 4.91. The van der Waals surface area contributed by atoms with E-state index in [1.54, 1.807) is 0 Å². The molecule has 1 unspecified atom stereocenters. The van der Waals surface area contributed by atoms with Crippen molar-refractivity contribution < 1.29 is 5.11 Å². The summed E-state index contributed by atoms with van der Waals surface area (Å²) in [7, 11) is 0. The van der Waals surface area contributed by atoms with Crippen LogP contribution in [0.1, 0.15) is 48.5 Å². The minimum Gasteiger partial charge on any atom is -0.388 e. The Hall–Kier alpha value is -0.820. The van der Waals surface area contributed by atoms with Gasteiger partial charge < -0.3 is 5.11 Å². The molecule has 0 radical (unpaired) electrons. The lowest BCUT2D eigenvalue weighted by molar-refractivity contribution is 0.111. The molecular weight excluding hydrogens is 184 g/mol. The van der Waals surface area contributed by atoms with Gasteiger partial charge in [0.1, 0.15) is 0 Å². The molecule has 0 aromatic heterocycles. The maximum Gasteiger partial charge on any atom is 0.0818 e. The highest BCUT2D eigenvalue weighted by atomic mass is 16.3. The second kappa shape index (κ2) is 4.36. The van der Waals surface area contributed by atoms with Crippen molar-refractivity contribution in [1.82, 2.24) is 0 Å². The van der Waals surface area contributed by atoms with E-state index >= 15 is 0 Å². The average Bonchev–Trinajstić information content (AvgIpc) is 2.67. The quantitative estimate of drug-likeness (QED) is 0.781. The number of aliphatic hydroxyl groups excluding tert-OH is 1. The molecule has 0 amide bonds. The van der Waals surface area contributed by atoms with Crippen LogP contribution in [-0.2, 0) is 0 Å². The van der Waals surface area contributed by atoms with E-state index in [0.29, 0.717) is 5.92 Å². The number of benzene rings is 1. The highest BCUT2D eigenvalue weighted by Crippen LogP contribution is 2.35. The van der Waals surface area contributed by atoms with Gasteiger partial charge in [-0.25, -0.2) is 0 Å². The molecule has 82 valence electrons. The Balaban J connectivity index is 2.20. The fraction of sp³-hybridized carbons (Fsp3) is 0.571. The van der Waals surface area contributed by atoms with Gasteiger partial charge in [-0.1, -0.05) is 42.2 Å². The van der Waals surface area contributed by atoms with Crippen molar-refractivity contribution in [2.24, 2.45) is 5.92 Å². The zero-order chi connectivity index (χ0) is 10.8. The lowest BCUT2D eigenvalue weighted by Gasteiger charge is -2.19. The van der Waals surface area contributed by atoms with Gasteiger partial charge in [-0.3, -0.25) is 0 Å². The van der Waals surface area contributed by atoms with Crippen molar-refractivity contribution >= 4 is 0 Å². The third kappa shape index (κ3) is 2.40. The highest BCUT2D eigenvalue weighted by Gasteiger charge is 2.24. The molecule has 1 aliphatic carbocycles. The molecule has 1 aromatic rings.